The van der Waals surface area contributed by atoms with E-state index >= 15 is 0 Å². The van der Waals surface area contributed by atoms with Gasteiger partial charge in [0.2, 0.25) is 0 Å². The van der Waals surface area contributed by atoms with Crippen molar-refractivity contribution < 1.29 is 0 Å². The summed E-state index contributed by atoms with van der Waals surface area (Å²) in [5.41, 5.74) is 0. The van der Waals surface area contributed by atoms with Gasteiger partial charge < -0.3 is 0 Å². The summed E-state index contributed by atoms with van der Waals surface area (Å²) in [5.74, 6) is 0. The number of rotatable bonds is 2. The SMILES string of the molecule is CC(N1CC1)N1CC1. The van der Waals surface area contributed by atoms with Crippen molar-refractivity contribution in [3.8, 4) is 0 Å². The molecule has 2 saturated heterocycles. The molecule has 0 radical (unpaired) electrons. The normalized spacial score (nSPS) is 29.2. The lowest BCUT2D eigenvalue weighted by atomic mass is 10.6. The van der Waals surface area contributed by atoms with Crippen LogP contribution in [0.4, 0.5) is 0 Å². The van der Waals surface area contributed by atoms with Crippen LogP contribution in [-0.4, -0.2) is 42.1 Å². The Labute approximate surface area is 50.1 Å². The third kappa shape index (κ3) is 0.740. The zero-order valence-electron chi connectivity index (χ0n) is 5.30. The summed E-state index contributed by atoms with van der Waals surface area (Å²) in [6, 6.07) is 0. The quantitative estimate of drug-likeness (QED) is 0.462. The number of hydrogen-bond donors (Lipinski definition) is 0. The molecule has 2 rings (SSSR count). The summed E-state index contributed by atoms with van der Waals surface area (Å²) in [6.45, 7) is 7.62. The average molecular weight is 112 g/mol. The van der Waals surface area contributed by atoms with Crippen LogP contribution in [0.3, 0.4) is 0 Å². The molecule has 2 aliphatic rings. The highest BCUT2D eigenvalue weighted by Crippen LogP contribution is 2.19. The second-order valence-electron chi connectivity index (χ2n) is 2.70. The average Bonchev–Trinajstić information content (AvgIpc) is 2.63. The summed E-state index contributed by atoms with van der Waals surface area (Å²) in [5, 5.41) is 0. The van der Waals surface area contributed by atoms with Crippen LogP contribution in [0.1, 0.15) is 6.92 Å². The highest BCUT2D eigenvalue weighted by Gasteiger charge is 2.33. The maximum atomic E-state index is 2.48. The molecule has 0 aliphatic carbocycles. The van der Waals surface area contributed by atoms with E-state index in [1.807, 2.05) is 0 Å². The van der Waals surface area contributed by atoms with E-state index in [1.165, 1.54) is 26.2 Å². The highest BCUT2D eigenvalue weighted by atomic mass is 15.5. The lowest BCUT2D eigenvalue weighted by Crippen LogP contribution is -2.23. The van der Waals surface area contributed by atoms with Crippen molar-refractivity contribution in [3.63, 3.8) is 0 Å². The van der Waals surface area contributed by atoms with Gasteiger partial charge in [0, 0.05) is 26.2 Å². The van der Waals surface area contributed by atoms with Crippen LogP contribution < -0.4 is 0 Å². The molecule has 0 bridgehead atoms. The number of hydrogen-bond acceptors (Lipinski definition) is 2. The molecule has 0 saturated carbocycles. The molecule has 0 spiro atoms. The van der Waals surface area contributed by atoms with Gasteiger partial charge in [0.25, 0.3) is 0 Å². The predicted octanol–water partition coefficient (Wildman–Crippen LogP) is -0.0364. The Balaban J connectivity index is 1.84. The molecule has 2 fully saturated rings. The molecular weight excluding hydrogens is 100 g/mol. The first kappa shape index (κ1) is 4.77. The highest BCUT2D eigenvalue weighted by molar-refractivity contribution is 4.85. The largest absolute Gasteiger partial charge is 0.286 e. The minimum atomic E-state index is 0.759. The smallest absolute Gasteiger partial charge is 0.0595 e. The second kappa shape index (κ2) is 1.45. The first-order valence-electron chi connectivity index (χ1n) is 3.36. The van der Waals surface area contributed by atoms with E-state index in [-0.39, 0.29) is 0 Å². The van der Waals surface area contributed by atoms with Gasteiger partial charge >= 0.3 is 0 Å². The first-order chi connectivity index (χ1) is 3.88. The molecular formula is C6H12N2. The van der Waals surface area contributed by atoms with Gasteiger partial charge in [-0.1, -0.05) is 0 Å². The van der Waals surface area contributed by atoms with Crippen LogP contribution in [0, 0.1) is 0 Å². The predicted molar refractivity (Wildman–Crippen MR) is 32.6 cm³/mol. The van der Waals surface area contributed by atoms with Crippen LogP contribution in [0.2, 0.25) is 0 Å². The molecule has 0 atom stereocenters. The van der Waals surface area contributed by atoms with Crippen molar-refractivity contribution >= 4 is 0 Å². The Morgan fingerprint density at radius 1 is 1.00 bits per heavy atom. The van der Waals surface area contributed by atoms with E-state index < -0.39 is 0 Å². The van der Waals surface area contributed by atoms with Gasteiger partial charge in [0.1, 0.15) is 0 Å². The third-order valence-electron chi connectivity index (χ3n) is 2.02. The van der Waals surface area contributed by atoms with E-state index in [2.05, 4.69) is 16.7 Å². The number of nitrogens with zero attached hydrogens (tertiary/aromatic N) is 2. The molecule has 0 amide bonds. The van der Waals surface area contributed by atoms with E-state index in [9.17, 15) is 0 Å². The van der Waals surface area contributed by atoms with Crippen molar-refractivity contribution in [2.45, 2.75) is 13.1 Å². The molecule has 2 nitrogen and oxygen atoms in total. The summed E-state index contributed by atoms with van der Waals surface area (Å²) >= 11 is 0. The third-order valence-corrected chi connectivity index (χ3v) is 2.02. The zero-order valence-corrected chi connectivity index (χ0v) is 5.30. The molecule has 0 aromatic rings. The summed E-state index contributed by atoms with van der Waals surface area (Å²) in [7, 11) is 0. The monoisotopic (exact) mass is 112 g/mol. The molecule has 2 heterocycles. The van der Waals surface area contributed by atoms with Crippen LogP contribution >= 0.6 is 0 Å². The van der Waals surface area contributed by atoms with Crippen LogP contribution in [0.15, 0.2) is 0 Å². The van der Waals surface area contributed by atoms with E-state index in [4.69, 9.17) is 0 Å². The Hall–Kier alpha value is -0.0800. The van der Waals surface area contributed by atoms with Crippen LogP contribution in [-0.2, 0) is 0 Å². The molecule has 0 aromatic carbocycles. The molecule has 8 heavy (non-hydrogen) atoms. The Morgan fingerprint density at radius 2 is 1.38 bits per heavy atom. The summed E-state index contributed by atoms with van der Waals surface area (Å²) < 4.78 is 0. The van der Waals surface area contributed by atoms with Crippen molar-refractivity contribution in [3.05, 3.63) is 0 Å². The van der Waals surface area contributed by atoms with E-state index in [0.717, 1.165) is 6.17 Å². The minimum absolute atomic E-state index is 0.759. The van der Waals surface area contributed by atoms with Gasteiger partial charge in [0.05, 0.1) is 6.17 Å². The van der Waals surface area contributed by atoms with Gasteiger partial charge in [-0.2, -0.15) is 0 Å². The van der Waals surface area contributed by atoms with Crippen molar-refractivity contribution in [2.75, 3.05) is 26.2 Å². The first-order valence-corrected chi connectivity index (χ1v) is 3.36. The van der Waals surface area contributed by atoms with E-state index in [1.54, 1.807) is 0 Å². The van der Waals surface area contributed by atoms with Gasteiger partial charge in [-0.05, 0) is 6.92 Å². The van der Waals surface area contributed by atoms with Crippen LogP contribution in [0.5, 0.6) is 0 Å². The van der Waals surface area contributed by atoms with Gasteiger partial charge in [-0.15, -0.1) is 0 Å². The summed E-state index contributed by atoms with van der Waals surface area (Å²) in [6.07, 6.45) is 0.759. The lowest BCUT2D eigenvalue weighted by Gasteiger charge is -2.11. The molecule has 2 aliphatic heterocycles. The molecule has 2 heteroatoms. The van der Waals surface area contributed by atoms with Crippen molar-refractivity contribution in [2.24, 2.45) is 0 Å². The molecule has 0 N–H and O–H groups in total. The Bertz CT molecular complexity index is 82.7. The van der Waals surface area contributed by atoms with Crippen LogP contribution in [0.25, 0.3) is 0 Å². The summed E-state index contributed by atoms with van der Waals surface area (Å²) in [4.78, 5) is 4.96. The standard InChI is InChI=1S/C6H12N2/c1-6(7-2-3-7)8-4-5-8/h6H,2-5H2,1H3. The Morgan fingerprint density at radius 3 is 1.62 bits per heavy atom. The van der Waals surface area contributed by atoms with Gasteiger partial charge in [0.15, 0.2) is 0 Å². The minimum Gasteiger partial charge on any atom is -0.286 e. The van der Waals surface area contributed by atoms with Gasteiger partial charge in [-0.3, -0.25) is 9.80 Å². The fourth-order valence-electron chi connectivity index (χ4n) is 1.09. The Kier molecular flexibility index (Phi) is 0.866. The maximum absolute atomic E-state index is 2.48. The zero-order chi connectivity index (χ0) is 5.56. The topological polar surface area (TPSA) is 6.02 Å². The van der Waals surface area contributed by atoms with Gasteiger partial charge in [-0.25, -0.2) is 0 Å². The molecule has 46 valence electrons. The molecule has 0 aromatic heterocycles. The molecule has 0 unspecified atom stereocenters. The van der Waals surface area contributed by atoms with E-state index in [0.29, 0.717) is 0 Å². The maximum Gasteiger partial charge on any atom is 0.0595 e. The van der Waals surface area contributed by atoms with Crippen molar-refractivity contribution in [1.29, 1.82) is 0 Å². The van der Waals surface area contributed by atoms with Crippen molar-refractivity contribution in [1.82, 2.24) is 9.80 Å². The fraction of sp³-hybridized carbons (Fsp3) is 1.00. The fourth-order valence-corrected chi connectivity index (χ4v) is 1.09. The second-order valence-corrected chi connectivity index (χ2v) is 2.70. The lowest BCUT2D eigenvalue weighted by molar-refractivity contribution is 0.272.